The van der Waals surface area contributed by atoms with Crippen molar-refractivity contribution in [2.75, 3.05) is 18.5 Å². The number of amides is 3. The summed E-state index contributed by atoms with van der Waals surface area (Å²) in [5.41, 5.74) is 1.46. The Balaban J connectivity index is 1.37. The lowest BCUT2D eigenvalue weighted by Crippen LogP contribution is -2.36. The van der Waals surface area contributed by atoms with Gasteiger partial charge in [-0.1, -0.05) is 19.3 Å². The van der Waals surface area contributed by atoms with Gasteiger partial charge in [0.05, 0.1) is 11.5 Å². The molecule has 0 unspecified atom stereocenters. The molecule has 4 rings (SSSR count). The summed E-state index contributed by atoms with van der Waals surface area (Å²) in [6, 6.07) is 9.40. The van der Waals surface area contributed by atoms with Crippen LogP contribution in [-0.4, -0.2) is 39.7 Å². The van der Waals surface area contributed by atoms with Crippen molar-refractivity contribution in [3.8, 4) is 5.75 Å². The van der Waals surface area contributed by atoms with Crippen molar-refractivity contribution in [1.29, 1.82) is 0 Å². The van der Waals surface area contributed by atoms with Gasteiger partial charge < -0.3 is 14.6 Å². The maximum absolute atomic E-state index is 12.7. The number of hydrogen-bond acceptors (Lipinski definition) is 5. The zero-order valence-electron chi connectivity index (χ0n) is 18.1. The number of nitrogens with one attached hydrogen (secondary N) is 1. The number of nitrogens with zero attached hydrogens (tertiary/aromatic N) is 2. The summed E-state index contributed by atoms with van der Waals surface area (Å²) in [5.74, 6) is -0.160. The van der Waals surface area contributed by atoms with Gasteiger partial charge in [0.25, 0.3) is 11.1 Å². The molecular formula is C24H27N3O4S. The zero-order chi connectivity index (χ0) is 22.5. The maximum atomic E-state index is 12.7. The quantitative estimate of drug-likeness (QED) is 0.592. The van der Waals surface area contributed by atoms with Crippen molar-refractivity contribution >= 4 is 40.6 Å². The number of benzene rings is 1. The fourth-order valence-electron chi connectivity index (χ4n) is 4.05. The zero-order valence-corrected chi connectivity index (χ0v) is 18.9. The lowest BCUT2D eigenvalue weighted by atomic mass is 9.95. The topological polar surface area (TPSA) is 80.6 Å². The van der Waals surface area contributed by atoms with Crippen LogP contribution in [-0.2, 0) is 9.59 Å². The molecule has 3 amide bonds. The summed E-state index contributed by atoms with van der Waals surface area (Å²) < 4.78 is 7.59. The van der Waals surface area contributed by atoms with Gasteiger partial charge in [-0.05, 0) is 73.5 Å². The number of aromatic nitrogens is 1. The molecule has 1 aliphatic carbocycles. The van der Waals surface area contributed by atoms with Gasteiger partial charge in [0.15, 0.2) is 0 Å². The third kappa shape index (κ3) is 5.24. The molecule has 1 aliphatic heterocycles. The molecule has 0 spiro atoms. The molecule has 168 valence electrons. The van der Waals surface area contributed by atoms with Crippen LogP contribution >= 0.6 is 11.8 Å². The van der Waals surface area contributed by atoms with E-state index in [-0.39, 0.29) is 6.54 Å². The lowest BCUT2D eigenvalue weighted by molar-refractivity contribution is -0.127. The molecule has 1 N–H and O–H groups in total. The van der Waals surface area contributed by atoms with Crippen LogP contribution in [0.15, 0.2) is 47.6 Å². The molecule has 1 aromatic carbocycles. The number of imide groups is 1. The molecule has 2 heterocycles. The Kier molecular flexibility index (Phi) is 6.99. The fraction of sp³-hybridized carbons (Fsp3) is 0.375. The van der Waals surface area contributed by atoms with Gasteiger partial charge in [-0.15, -0.1) is 0 Å². The van der Waals surface area contributed by atoms with Crippen molar-refractivity contribution in [3.63, 3.8) is 0 Å². The predicted octanol–water partition coefficient (Wildman–Crippen LogP) is 5.07. The van der Waals surface area contributed by atoms with Crippen molar-refractivity contribution < 1.29 is 19.1 Å². The first kappa shape index (κ1) is 22.2. The first-order valence-electron chi connectivity index (χ1n) is 11.0. The Morgan fingerprint density at radius 3 is 2.62 bits per heavy atom. The summed E-state index contributed by atoms with van der Waals surface area (Å²) in [5, 5.41) is 2.28. The number of rotatable bonds is 7. The highest BCUT2D eigenvalue weighted by Crippen LogP contribution is 2.33. The van der Waals surface area contributed by atoms with Gasteiger partial charge in [-0.2, -0.15) is 0 Å². The molecule has 1 saturated carbocycles. The largest absolute Gasteiger partial charge is 0.494 e. The van der Waals surface area contributed by atoms with E-state index in [1.807, 2.05) is 25.4 Å². The van der Waals surface area contributed by atoms with Crippen molar-refractivity contribution in [1.82, 2.24) is 9.47 Å². The number of anilines is 1. The van der Waals surface area contributed by atoms with Crippen molar-refractivity contribution in [3.05, 3.63) is 53.2 Å². The minimum atomic E-state index is -0.438. The fourth-order valence-corrected chi connectivity index (χ4v) is 4.89. The summed E-state index contributed by atoms with van der Waals surface area (Å²) >= 11 is 0.870. The third-order valence-electron chi connectivity index (χ3n) is 5.66. The van der Waals surface area contributed by atoms with Crippen LogP contribution in [0.2, 0.25) is 0 Å². The van der Waals surface area contributed by atoms with Gasteiger partial charge in [0.2, 0.25) is 5.91 Å². The second kappa shape index (κ2) is 10.1. The second-order valence-corrected chi connectivity index (χ2v) is 8.95. The predicted molar refractivity (Wildman–Crippen MR) is 125 cm³/mol. The Morgan fingerprint density at radius 2 is 1.91 bits per heavy atom. The molecule has 1 aromatic heterocycles. The van der Waals surface area contributed by atoms with E-state index in [2.05, 4.69) is 9.88 Å². The van der Waals surface area contributed by atoms with Crippen LogP contribution in [0.4, 0.5) is 10.5 Å². The molecular weight excluding hydrogens is 426 g/mol. The normalized spacial score (nSPS) is 18.4. The van der Waals surface area contributed by atoms with Gasteiger partial charge in [-0.25, -0.2) is 0 Å². The Hall–Kier alpha value is -3.00. The molecule has 2 fully saturated rings. The Labute approximate surface area is 191 Å². The number of hydrogen-bond donors (Lipinski definition) is 1. The van der Waals surface area contributed by atoms with Gasteiger partial charge in [0, 0.05) is 24.1 Å². The van der Waals surface area contributed by atoms with Crippen LogP contribution in [0, 0.1) is 0 Å². The minimum Gasteiger partial charge on any atom is -0.494 e. The molecule has 0 radical (unpaired) electrons. The Bertz CT molecular complexity index is 1020. The monoisotopic (exact) mass is 453 g/mol. The summed E-state index contributed by atoms with van der Waals surface area (Å²) in [4.78, 5) is 38.8. The molecule has 2 aliphatic rings. The van der Waals surface area contributed by atoms with Crippen molar-refractivity contribution in [2.24, 2.45) is 0 Å². The van der Waals surface area contributed by atoms with Crippen molar-refractivity contribution in [2.45, 2.75) is 45.1 Å². The number of carbonyl (C=O) groups is 3. The van der Waals surface area contributed by atoms with Gasteiger partial charge in [-0.3, -0.25) is 19.3 Å². The third-order valence-corrected chi connectivity index (χ3v) is 6.56. The molecule has 8 heteroatoms. The summed E-state index contributed by atoms with van der Waals surface area (Å²) in [6.07, 6.45) is 11.9. The lowest BCUT2D eigenvalue weighted by Gasteiger charge is -2.23. The van der Waals surface area contributed by atoms with Gasteiger partial charge in [0.1, 0.15) is 12.3 Å². The van der Waals surface area contributed by atoms with E-state index in [1.165, 1.54) is 32.1 Å². The second-order valence-electron chi connectivity index (χ2n) is 7.96. The Morgan fingerprint density at radius 1 is 1.16 bits per heavy atom. The molecule has 0 atom stereocenters. The van der Waals surface area contributed by atoms with Crippen LogP contribution in [0.5, 0.6) is 5.75 Å². The van der Waals surface area contributed by atoms with E-state index >= 15 is 0 Å². The van der Waals surface area contributed by atoms with E-state index in [0.717, 1.165) is 22.2 Å². The highest BCUT2D eigenvalue weighted by Gasteiger charge is 2.36. The SMILES string of the molecule is CCOc1ccc(NC(=O)CN2C(=O)S/C(=C/c3ccn(C4CCCCC4)c3)C2=O)cc1. The average molecular weight is 454 g/mol. The standard InChI is InChI=1S/C24H27N3O4S/c1-2-31-20-10-8-18(9-11-20)25-22(28)16-27-23(29)21(32-24(27)30)14-17-12-13-26(15-17)19-6-4-3-5-7-19/h8-15,19H,2-7,16H2,1H3,(H,25,28)/b21-14+. The van der Waals surface area contributed by atoms with Crippen LogP contribution in [0.1, 0.15) is 50.6 Å². The van der Waals surface area contributed by atoms with E-state index in [9.17, 15) is 14.4 Å². The number of ether oxygens (including phenoxy) is 1. The van der Waals surface area contributed by atoms with E-state index < -0.39 is 17.1 Å². The molecule has 2 aromatic rings. The molecule has 32 heavy (non-hydrogen) atoms. The highest BCUT2D eigenvalue weighted by molar-refractivity contribution is 8.18. The first-order valence-corrected chi connectivity index (χ1v) is 11.8. The average Bonchev–Trinajstić information content (AvgIpc) is 3.36. The molecule has 7 nitrogen and oxygen atoms in total. The number of thioether (sulfide) groups is 1. The van der Waals surface area contributed by atoms with Crippen LogP contribution in [0.3, 0.4) is 0 Å². The highest BCUT2D eigenvalue weighted by atomic mass is 32.2. The van der Waals surface area contributed by atoms with Crippen LogP contribution in [0.25, 0.3) is 6.08 Å². The molecule has 0 bridgehead atoms. The number of carbonyl (C=O) groups excluding carboxylic acids is 3. The summed E-state index contributed by atoms with van der Waals surface area (Å²) in [7, 11) is 0. The van der Waals surface area contributed by atoms with Gasteiger partial charge >= 0.3 is 0 Å². The summed E-state index contributed by atoms with van der Waals surface area (Å²) in [6.45, 7) is 2.13. The smallest absolute Gasteiger partial charge is 0.294 e. The van der Waals surface area contributed by atoms with E-state index in [0.29, 0.717) is 29.0 Å². The first-order chi connectivity index (χ1) is 15.5. The minimum absolute atomic E-state index is 0.321. The van der Waals surface area contributed by atoms with E-state index in [4.69, 9.17) is 4.74 Å². The molecule has 1 saturated heterocycles. The maximum Gasteiger partial charge on any atom is 0.294 e. The van der Waals surface area contributed by atoms with E-state index in [1.54, 1.807) is 30.3 Å². The van der Waals surface area contributed by atoms with Crippen LogP contribution < -0.4 is 10.1 Å².